The van der Waals surface area contributed by atoms with Gasteiger partial charge in [-0.1, -0.05) is 13.8 Å². The first-order valence-corrected chi connectivity index (χ1v) is 8.91. The van der Waals surface area contributed by atoms with Crippen LogP contribution in [0.4, 0.5) is 0 Å². The fourth-order valence-corrected chi connectivity index (χ4v) is 4.04. The zero-order chi connectivity index (χ0) is 15.1. The number of likely N-dealkylation sites (tertiary alicyclic amines) is 1. The maximum atomic E-state index is 8.83. The molecule has 2 fully saturated rings. The molecule has 1 heterocycles. The van der Waals surface area contributed by atoms with E-state index in [-0.39, 0.29) is 6.61 Å². The Bertz CT molecular complexity index is 280. The van der Waals surface area contributed by atoms with Gasteiger partial charge in [-0.3, -0.25) is 0 Å². The maximum Gasteiger partial charge on any atom is 0.0701 e. The monoisotopic (exact) mass is 298 g/mol. The lowest BCUT2D eigenvalue weighted by atomic mass is 9.78. The van der Waals surface area contributed by atoms with E-state index in [1.165, 1.54) is 25.8 Å². The molecule has 124 valence electrons. The number of aliphatic hydroxyl groups excluding tert-OH is 1. The minimum atomic E-state index is 0.143. The van der Waals surface area contributed by atoms with E-state index >= 15 is 0 Å². The highest BCUT2D eigenvalue weighted by atomic mass is 16.5. The van der Waals surface area contributed by atoms with Crippen LogP contribution in [0.1, 0.15) is 46.0 Å². The molecule has 2 rings (SSSR count). The van der Waals surface area contributed by atoms with Gasteiger partial charge in [0.15, 0.2) is 0 Å². The predicted molar refractivity (Wildman–Crippen MR) is 86.5 cm³/mol. The third kappa shape index (κ3) is 5.51. The SMILES string of the molecule is CCNC1CCC(C)CC1CN1CCC(OCCO)CC1. The lowest BCUT2D eigenvalue weighted by Crippen LogP contribution is -2.47. The van der Waals surface area contributed by atoms with Gasteiger partial charge < -0.3 is 20.1 Å². The van der Waals surface area contributed by atoms with E-state index in [2.05, 4.69) is 24.1 Å². The molecule has 0 spiro atoms. The standard InChI is InChI=1S/C17H34N2O2/c1-3-18-17-5-4-14(2)12-15(17)13-19-8-6-16(7-9-19)21-11-10-20/h14-18,20H,3-13H2,1-2H3. The summed E-state index contributed by atoms with van der Waals surface area (Å²) < 4.78 is 5.66. The van der Waals surface area contributed by atoms with Crippen LogP contribution < -0.4 is 5.32 Å². The Hall–Kier alpha value is -0.160. The van der Waals surface area contributed by atoms with Gasteiger partial charge in [0, 0.05) is 25.7 Å². The van der Waals surface area contributed by atoms with Crippen LogP contribution in [0.2, 0.25) is 0 Å². The highest BCUT2D eigenvalue weighted by Gasteiger charge is 2.30. The number of nitrogens with one attached hydrogen (secondary N) is 1. The zero-order valence-corrected chi connectivity index (χ0v) is 13.9. The summed E-state index contributed by atoms with van der Waals surface area (Å²) in [7, 11) is 0. The number of hydrogen-bond donors (Lipinski definition) is 2. The molecule has 3 atom stereocenters. The Morgan fingerprint density at radius 3 is 2.62 bits per heavy atom. The summed E-state index contributed by atoms with van der Waals surface area (Å²) in [4.78, 5) is 2.63. The molecule has 0 radical (unpaired) electrons. The molecule has 0 aromatic carbocycles. The number of nitrogens with zero attached hydrogens (tertiary/aromatic N) is 1. The Balaban J connectivity index is 1.75. The summed E-state index contributed by atoms with van der Waals surface area (Å²) >= 11 is 0. The lowest BCUT2D eigenvalue weighted by Gasteiger charge is -2.40. The smallest absolute Gasteiger partial charge is 0.0701 e. The van der Waals surface area contributed by atoms with Crippen LogP contribution in [0.3, 0.4) is 0 Å². The molecular formula is C17H34N2O2. The van der Waals surface area contributed by atoms with Gasteiger partial charge in [0.25, 0.3) is 0 Å². The van der Waals surface area contributed by atoms with Crippen LogP contribution in [0.5, 0.6) is 0 Å². The van der Waals surface area contributed by atoms with Crippen LogP contribution in [-0.2, 0) is 4.74 Å². The summed E-state index contributed by atoms with van der Waals surface area (Å²) in [6.07, 6.45) is 6.70. The van der Waals surface area contributed by atoms with Crippen molar-refractivity contribution in [2.45, 2.75) is 58.1 Å². The van der Waals surface area contributed by atoms with Crippen LogP contribution in [0.25, 0.3) is 0 Å². The predicted octanol–water partition coefficient (Wildman–Crippen LogP) is 1.87. The zero-order valence-electron chi connectivity index (χ0n) is 13.9. The van der Waals surface area contributed by atoms with Crippen LogP contribution in [0, 0.1) is 11.8 Å². The molecule has 0 bridgehead atoms. The van der Waals surface area contributed by atoms with Crippen molar-refractivity contribution in [3.05, 3.63) is 0 Å². The van der Waals surface area contributed by atoms with E-state index < -0.39 is 0 Å². The largest absolute Gasteiger partial charge is 0.394 e. The van der Waals surface area contributed by atoms with Crippen molar-refractivity contribution >= 4 is 0 Å². The lowest BCUT2D eigenvalue weighted by molar-refractivity contribution is -0.0124. The minimum Gasteiger partial charge on any atom is -0.394 e. The summed E-state index contributed by atoms with van der Waals surface area (Å²) in [5.74, 6) is 1.69. The molecule has 0 amide bonds. The quantitative estimate of drug-likeness (QED) is 0.753. The number of ether oxygens (including phenoxy) is 1. The molecule has 3 unspecified atom stereocenters. The summed E-state index contributed by atoms with van der Waals surface area (Å²) in [6, 6.07) is 0.717. The molecule has 0 aromatic heterocycles. The van der Waals surface area contributed by atoms with Crippen molar-refractivity contribution in [2.24, 2.45) is 11.8 Å². The molecule has 1 aliphatic heterocycles. The van der Waals surface area contributed by atoms with E-state index in [4.69, 9.17) is 9.84 Å². The fourth-order valence-electron chi connectivity index (χ4n) is 4.04. The number of rotatable bonds is 7. The second kappa shape index (κ2) is 9.09. The third-order valence-electron chi connectivity index (χ3n) is 5.18. The summed E-state index contributed by atoms with van der Waals surface area (Å²) in [5, 5.41) is 12.5. The first-order valence-electron chi connectivity index (χ1n) is 8.91. The average molecular weight is 298 g/mol. The Morgan fingerprint density at radius 1 is 1.19 bits per heavy atom. The molecular weight excluding hydrogens is 264 g/mol. The van der Waals surface area contributed by atoms with Gasteiger partial charge in [0.1, 0.15) is 0 Å². The Labute approximate surface area is 130 Å². The number of aliphatic hydroxyl groups is 1. The van der Waals surface area contributed by atoms with Crippen LogP contribution >= 0.6 is 0 Å². The van der Waals surface area contributed by atoms with Crippen LogP contribution in [-0.4, -0.2) is 61.5 Å². The molecule has 0 aromatic rings. The summed E-state index contributed by atoms with van der Waals surface area (Å²) in [6.45, 7) is 9.90. The molecule has 1 saturated carbocycles. The van der Waals surface area contributed by atoms with Crippen molar-refractivity contribution in [3.8, 4) is 0 Å². The first kappa shape index (κ1) is 17.2. The van der Waals surface area contributed by atoms with Gasteiger partial charge in [-0.05, 0) is 50.5 Å². The Kier molecular flexibility index (Phi) is 7.44. The highest BCUT2D eigenvalue weighted by molar-refractivity contribution is 4.86. The second-order valence-electron chi connectivity index (χ2n) is 6.94. The summed E-state index contributed by atoms with van der Waals surface area (Å²) in [5.41, 5.74) is 0. The van der Waals surface area contributed by atoms with Crippen molar-refractivity contribution in [2.75, 3.05) is 39.4 Å². The van der Waals surface area contributed by atoms with Gasteiger partial charge in [-0.25, -0.2) is 0 Å². The molecule has 4 nitrogen and oxygen atoms in total. The van der Waals surface area contributed by atoms with Gasteiger partial charge in [-0.15, -0.1) is 0 Å². The normalized spacial score (nSPS) is 32.4. The molecule has 1 aliphatic carbocycles. The van der Waals surface area contributed by atoms with Crippen molar-refractivity contribution < 1.29 is 9.84 Å². The van der Waals surface area contributed by atoms with Crippen LogP contribution in [0.15, 0.2) is 0 Å². The first-order chi connectivity index (χ1) is 10.2. The van der Waals surface area contributed by atoms with E-state index in [0.717, 1.165) is 50.4 Å². The fraction of sp³-hybridized carbons (Fsp3) is 1.00. The van der Waals surface area contributed by atoms with E-state index in [0.29, 0.717) is 12.7 Å². The minimum absolute atomic E-state index is 0.143. The van der Waals surface area contributed by atoms with Crippen molar-refractivity contribution in [3.63, 3.8) is 0 Å². The molecule has 1 saturated heterocycles. The topological polar surface area (TPSA) is 44.7 Å². The maximum absolute atomic E-state index is 8.83. The molecule has 2 N–H and O–H groups in total. The number of piperidine rings is 1. The Morgan fingerprint density at radius 2 is 1.95 bits per heavy atom. The number of hydrogen-bond acceptors (Lipinski definition) is 4. The van der Waals surface area contributed by atoms with Gasteiger partial charge in [-0.2, -0.15) is 0 Å². The van der Waals surface area contributed by atoms with Gasteiger partial charge >= 0.3 is 0 Å². The van der Waals surface area contributed by atoms with E-state index in [9.17, 15) is 0 Å². The molecule has 4 heteroatoms. The van der Waals surface area contributed by atoms with Crippen molar-refractivity contribution in [1.82, 2.24) is 10.2 Å². The highest BCUT2D eigenvalue weighted by Crippen LogP contribution is 2.30. The molecule has 2 aliphatic rings. The molecule has 21 heavy (non-hydrogen) atoms. The van der Waals surface area contributed by atoms with E-state index in [1.807, 2.05) is 0 Å². The third-order valence-corrected chi connectivity index (χ3v) is 5.18. The van der Waals surface area contributed by atoms with Crippen molar-refractivity contribution in [1.29, 1.82) is 0 Å². The van der Waals surface area contributed by atoms with Gasteiger partial charge in [0.2, 0.25) is 0 Å². The second-order valence-corrected chi connectivity index (χ2v) is 6.94. The van der Waals surface area contributed by atoms with Gasteiger partial charge in [0.05, 0.1) is 19.3 Å². The van der Waals surface area contributed by atoms with E-state index in [1.54, 1.807) is 0 Å². The average Bonchev–Trinajstić information content (AvgIpc) is 2.49.